The van der Waals surface area contributed by atoms with Crippen LogP contribution in [0.25, 0.3) is 0 Å². The molecule has 0 N–H and O–H groups in total. The van der Waals surface area contributed by atoms with Crippen molar-refractivity contribution < 1.29 is 19.0 Å². The first-order chi connectivity index (χ1) is 13.8. The Labute approximate surface area is 163 Å². The van der Waals surface area contributed by atoms with E-state index in [4.69, 9.17) is 14.2 Å². The number of rotatable bonds is 3. The van der Waals surface area contributed by atoms with Gasteiger partial charge in [-0.25, -0.2) is 0 Å². The summed E-state index contributed by atoms with van der Waals surface area (Å²) in [6, 6.07) is 21.4. The van der Waals surface area contributed by atoms with Crippen molar-refractivity contribution in [3.8, 4) is 17.2 Å². The Morgan fingerprint density at radius 1 is 0.857 bits per heavy atom. The predicted molar refractivity (Wildman–Crippen MR) is 105 cm³/mol. The maximum absolute atomic E-state index is 13.2. The molecule has 0 radical (unpaired) electrons. The van der Waals surface area contributed by atoms with Crippen molar-refractivity contribution in [1.82, 2.24) is 0 Å². The number of ether oxygens (including phenoxy) is 3. The van der Waals surface area contributed by atoms with Crippen molar-refractivity contribution >= 4 is 17.3 Å². The maximum atomic E-state index is 13.2. The standard InChI is InChI=1S/C23H19NO4/c25-23(14-26-18-11-12-21-22(13-18)28-15-27-21)24-19-7-3-1-5-16(19)9-10-17-6-2-4-8-20(17)24/h1-8,11-13H,9-10,14-15H2. The predicted octanol–water partition coefficient (Wildman–Crippen LogP) is 4.26. The Kier molecular flexibility index (Phi) is 4.13. The average Bonchev–Trinajstić information content (AvgIpc) is 3.13. The van der Waals surface area contributed by atoms with Gasteiger partial charge in [0.15, 0.2) is 18.1 Å². The largest absolute Gasteiger partial charge is 0.484 e. The summed E-state index contributed by atoms with van der Waals surface area (Å²) in [4.78, 5) is 15.0. The molecule has 28 heavy (non-hydrogen) atoms. The zero-order valence-electron chi connectivity index (χ0n) is 15.3. The van der Waals surface area contributed by atoms with Gasteiger partial charge in [-0.1, -0.05) is 36.4 Å². The van der Waals surface area contributed by atoms with E-state index in [1.165, 1.54) is 0 Å². The highest BCUT2D eigenvalue weighted by Crippen LogP contribution is 2.37. The molecule has 3 aromatic carbocycles. The number of anilines is 2. The van der Waals surface area contributed by atoms with Gasteiger partial charge in [0.25, 0.3) is 5.91 Å². The van der Waals surface area contributed by atoms with E-state index in [1.54, 1.807) is 23.1 Å². The number of hydrogen-bond donors (Lipinski definition) is 0. The molecule has 0 aromatic heterocycles. The number of fused-ring (bicyclic) bond motifs is 3. The third-order valence-corrected chi connectivity index (χ3v) is 5.08. The number of carbonyl (C=O) groups is 1. The molecule has 0 atom stereocenters. The van der Waals surface area contributed by atoms with Gasteiger partial charge in [-0.15, -0.1) is 0 Å². The Morgan fingerprint density at radius 3 is 2.21 bits per heavy atom. The summed E-state index contributed by atoms with van der Waals surface area (Å²) in [5.74, 6) is 1.79. The van der Waals surface area contributed by atoms with Crippen molar-refractivity contribution in [2.24, 2.45) is 0 Å². The zero-order valence-corrected chi connectivity index (χ0v) is 15.3. The van der Waals surface area contributed by atoms with Crippen LogP contribution in [0.15, 0.2) is 66.7 Å². The van der Waals surface area contributed by atoms with Gasteiger partial charge in [0.2, 0.25) is 6.79 Å². The number of nitrogens with zero attached hydrogens (tertiary/aromatic N) is 1. The second kappa shape index (κ2) is 6.93. The maximum Gasteiger partial charge on any atom is 0.269 e. The minimum atomic E-state index is -0.112. The van der Waals surface area contributed by atoms with Crippen molar-refractivity contribution in [1.29, 1.82) is 0 Å². The Balaban J connectivity index is 1.44. The topological polar surface area (TPSA) is 48.0 Å². The molecule has 5 heteroatoms. The van der Waals surface area contributed by atoms with Crippen LogP contribution in [-0.2, 0) is 17.6 Å². The number of para-hydroxylation sites is 2. The highest BCUT2D eigenvalue weighted by Gasteiger charge is 2.26. The van der Waals surface area contributed by atoms with Crippen LogP contribution in [-0.4, -0.2) is 19.3 Å². The molecule has 2 aliphatic rings. The van der Waals surface area contributed by atoms with Crippen LogP contribution in [0.5, 0.6) is 17.2 Å². The van der Waals surface area contributed by atoms with Crippen LogP contribution in [0.4, 0.5) is 11.4 Å². The average molecular weight is 373 g/mol. The number of benzene rings is 3. The minimum absolute atomic E-state index is 0.0672. The fourth-order valence-electron chi connectivity index (χ4n) is 3.72. The zero-order chi connectivity index (χ0) is 18.9. The van der Waals surface area contributed by atoms with E-state index in [1.807, 2.05) is 36.4 Å². The SMILES string of the molecule is O=C(COc1ccc2c(c1)OCO2)N1c2ccccc2CCc2ccccc21. The van der Waals surface area contributed by atoms with Crippen LogP contribution in [0.2, 0.25) is 0 Å². The van der Waals surface area contributed by atoms with Gasteiger partial charge in [-0.05, 0) is 48.2 Å². The van der Waals surface area contributed by atoms with Gasteiger partial charge in [0, 0.05) is 6.07 Å². The fourth-order valence-corrected chi connectivity index (χ4v) is 3.72. The van der Waals surface area contributed by atoms with Crippen LogP contribution in [0.1, 0.15) is 11.1 Å². The first-order valence-corrected chi connectivity index (χ1v) is 9.31. The van der Waals surface area contributed by atoms with E-state index in [2.05, 4.69) is 12.1 Å². The third-order valence-electron chi connectivity index (χ3n) is 5.08. The molecule has 0 saturated carbocycles. The normalized spacial score (nSPS) is 14.1. The summed E-state index contributed by atoms with van der Waals surface area (Å²) < 4.78 is 16.5. The molecule has 2 aliphatic heterocycles. The smallest absolute Gasteiger partial charge is 0.269 e. The lowest BCUT2D eigenvalue weighted by Crippen LogP contribution is -2.31. The summed E-state index contributed by atoms with van der Waals surface area (Å²) in [7, 11) is 0. The Bertz CT molecular complexity index is 999. The summed E-state index contributed by atoms with van der Waals surface area (Å²) in [5, 5.41) is 0. The fraction of sp³-hybridized carbons (Fsp3) is 0.174. The third kappa shape index (κ3) is 2.95. The number of aryl methyl sites for hydroxylation is 2. The molecular formula is C23H19NO4. The van der Waals surface area contributed by atoms with Gasteiger partial charge >= 0.3 is 0 Å². The number of hydrogen-bond acceptors (Lipinski definition) is 4. The molecule has 1 amide bonds. The summed E-state index contributed by atoms with van der Waals surface area (Å²) in [5.41, 5.74) is 4.17. The van der Waals surface area contributed by atoms with E-state index < -0.39 is 0 Å². The van der Waals surface area contributed by atoms with Crippen molar-refractivity contribution in [2.45, 2.75) is 12.8 Å². The van der Waals surface area contributed by atoms with Crippen LogP contribution >= 0.6 is 0 Å². The van der Waals surface area contributed by atoms with Crippen molar-refractivity contribution in [3.63, 3.8) is 0 Å². The number of carbonyl (C=O) groups excluding carboxylic acids is 1. The molecule has 140 valence electrons. The first-order valence-electron chi connectivity index (χ1n) is 9.31. The highest BCUT2D eigenvalue weighted by atomic mass is 16.7. The van der Waals surface area contributed by atoms with Gasteiger partial charge in [-0.2, -0.15) is 0 Å². The van der Waals surface area contributed by atoms with Crippen molar-refractivity contribution in [2.75, 3.05) is 18.3 Å². The Hall–Kier alpha value is -3.47. The van der Waals surface area contributed by atoms with Gasteiger partial charge in [0.1, 0.15) is 5.75 Å². The number of amides is 1. The van der Waals surface area contributed by atoms with E-state index in [9.17, 15) is 4.79 Å². The lowest BCUT2D eigenvalue weighted by atomic mass is 10.0. The van der Waals surface area contributed by atoms with E-state index in [0.717, 1.165) is 35.3 Å². The quantitative estimate of drug-likeness (QED) is 0.688. The molecule has 0 aliphatic carbocycles. The molecule has 0 saturated heterocycles. The summed E-state index contributed by atoms with van der Waals surface area (Å²) in [6.07, 6.45) is 1.81. The highest BCUT2D eigenvalue weighted by molar-refractivity contribution is 6.03. The second-order valence-electron chi connectivity index (χ2n) is 6.79. The van der Waals surface area contributed by atoms with E-state index in [0.29, 0.717) is 17.2 Å². The molecule has 0 spiro atoms. The van der Waals surface area contributed by atoms with Crippen molar-refractivity contribution in [3.05, 3.63) is 77.9 Å². The molecule has 5 rings (SSSR count). The minimum Gasteiger partial charge on any atom is -0.484 e. The van der Waals surface area contributed by atoms with Gasteiger partial charge in [0.05, 0.1) is 11.4 Å². The van der Waals surface area contributed by atoms with E-state index >= 15 is 0 Å². The van der Waals surface area contributed by atoms with Crippen LogP contribution < -0.4 is 19.1 Å². The lowest BCUT2D eigenvalue weighted by molar-refractivity contribution is -0.119. The van der Waals surface area contributed by atoms with Gasteiger partial charge in [-0.3, -0.25) is 9.69 Å². The molecule has 2 heterocycles. The second-order valence-corrected chi connectivity index (χ2v) is 6.79. The Morgan fingerprint density at radius 2 is 1.50 bits per heavy atom. The lowest BCUT2D eigenvalue weighted by Gasteiger charge is -2.25. The molecule has 0 unspecified atom stereocenters. The molecular weight excluding hydrogens is 354 g/mol. The molecule has 0 fully saturated rings. The molecule has 0 bridgehead atoms. The van der Waals surface area contributed by atoms with Crippen LogP contribution in [0, 0.1) is 0 Å². The molecule has 3 aromatic rings. The molecule has 5 nitrogen and oxygen atoms in total. The first kappa shape index (κ1) is 16.7. The summed E-state index contributed by atoms with van der Waals surface area (Å²) >= 11 is 0. The summed E-state index contributed by atoms with van der Waals surface area (Å²) in [6.45, 7) is 0.140. The monoisotopic (exact) mass is 373 g/mol. The van der Waals surface area contributed by atoms with Gasteiger partial charge < -0.3 is 14.2 Å². The van der Waals surface area contributed by atoms with Crippen LogP contribution in [0.3, 0.4) is 0 Å². The van der Waals surface area contributed by atoms with E-state index in [-0.39, 0.29) is 19.3 Å².